The highest BCUT2D eigenvalue weighted by Gasteiger charge is 2.49. The van der Waals surface area contributed by atoms with Crippen LogP contribution in [0.25, 0.3) is 0 Å². The molecular weight excluding hydrogens is 727 g/mol. The zero-order valence-corrected chi connectivity index (χ0v) is 32.5. The molecule has 0 spiro atoms. The molecule has 1 aromatic heterocycles. The number of para-hydroxylation sites is 1. The van der Waals surface area contributed by atoms with E-state index < -0.39 is 41.1 Å². The quantitative estimate of drug-likeness (QED) is 0.284. The first-order chi connectivity index (χ1) is 26.4. The fourth-order valence-corrected chi connectivity index (χ4v) is 7.49. The Bertz CT molecular complexity index is 2010. The second-order valence-corrected chi connectivity index (χ2v) is 15.6. The molecule has 15 heteroatoms. The summed E-state index contributed by atoms with van der Waals surface area (Å²) in [5.74, 6) is -1.89. The number of pyridine rings is 1. The number of alkyl halides is 3. The molecule has 2 saturated heterocycles. The second kappa shape index (κ2) is 16.0. The average molecular weight is 776 g/mol. The van der Waals surface area contributed by atoms with Crippen LogP contribution in [-0.4, -0.2) is 96.6 Å². The maximum atomic E-state index is 14.2. The predicted octanol–water partition coefficient (Wildman–Crippen LogP) is 6.17. The van der Waals surface area contributed by atoms with Gasteiger partial charge in [-0.05, 0) is 76.1 Å². The number of hydrogen-bond donors (Lipinski definition) is 1. The first-order valence-electron chi connectivity index (χ1n) is 18.6. The van der Waals surface area contributed by atoms with E-state index in [-0.39, 0.29) is 36.5 Å². The summed E-state index contributed by atoms with van der Waals surface area (Å²) in [6.07, 6.45) is -1.73. The summed E-state index contributed by atoms with van der Waals surface area (Å²) in [4.78, 5) is 65.7. The lowest BCUT2D eigenvalue weighted by atomic mass is 9.94. The summed E-state index contributed by atoms with van der Waals surface area (Å²) in [5, 5.41) is 2.89. The number of fused-ring (bicyclic) bond motifs is 2. The number of ether oxygens (including phenoxy) is 1. The van der Waals surface area contributed by atoms with Crippen LogP contribution in [0.2, 0.25) is 0 Å². The van der Waals surface area contributed by atoms with Gasteiger partial charge in [-0.25, -0.2) is 9.78 Å². The number of likely N-dealkylation sites (N-methyl/N-ethyl adjacent to an activating group) is 1. The van der Waals surface area contributed by atoms with Gasteiger partial charge >= 0.3 is 12.3 Å². The van der Waals surface area contributed by atoms with Gasteiger partial charge in [0.15, 0.2) is 0 Å². The Balaban J connectivity index is 1.13. The Labute approximate surface area is 324 Å². The van der Waals surface area contributed by atoms with Crippen molar-refractivity contribution >= 4 is 46.7 Å². The molecule has 2 atom stereocenters. The molecule has 2 fully saturated rings. The molecule has 6 rings (SSSR count). The van der Waals surface area contributed by atoms with Crippen molar-refractivity contribution < 1.29 is 37.1 Å². The van der Waals surface area contributed by atoms with E-state index in [0.29, 0.717) is 50.6 Å². The molecule has 298 valence electrons. The number of anilines is 4. The number of aromatic nitrogens is 1. The van der Waals surface area contributed by atoms with Crippen LogP contribution in [0.1, 0.15) is 49.6 Å². The summed E-state index contributed by atoms with van der Waals surface area (Å²) in [7, 11) is 1.62. The van der Waals surface area contributed by atoms with Gasteiger partial charge in [0.1, 0.15) is 17.5 Å². The topological polar surface area (TPSA) is 119 Å². The highest BCUT2D eigenvalue weighted by Crippen LogP contribution is 2.42. The molecule has 0 bridgehead atoms. The molecule has 3 aromatic rings. The Morgan fingerprint density at radius 2 is 1.68 bits per heavy atom. The van der Waals surface area contributed by atoms with Gasteiger partial charge in [0.2, 0.25) is 17.7 Å². The third-order valence-electron chi connectivity index (χ3n) is 10.1. The van der Waals surface area contributed by atoms with E-state index in [9.17, 15) is 32.3 Å². The SMILES string of the molecule is Cc1cc(C(F)(F)F)cc(N2C(=O)C[C@@H]3CN(Cc4ccc(NC(=O)/C=C/CN5CCN(C(=O)OC(C)(C)C)CC5)cc4)c4c(C)cccc4N(C)C(=O)[C@H]32)n1. The Hall–Kier alpha value is -5.44. The molecule has 56 heavy (non-hydrogen) atoms. The highest BCUT2D eigenvalue weighted by atomic mass is 19.4. The van der Waals surface area contributed by atoms with Gasteiger partial charge in [-0.3, -0.25) is 24.2 Å². The van der Waals surface area contributed by atoms with Crippen molar-refractivity contribution in [1.82, 2.24) is 14.8 Å². The van der Waals surface area contributed by atoms with Crippen molar-refractivity contribution in [2.45, 2.75) is 65.4 Å². The van der Waals surface area contributed by atoms with E-state index in [1.54, 1.807) is 30.2 Å². The molecule has 3 aliphatic heterocycles. The van der Waals surface area contributed by atoms with Crippen LogP contribution in [0.5, 0.6) is 0 Å². The summed E-state index contributed by atoms with van der Waals surface area (Å²) in [6, 6.07) is 13.7. The van der Waals surface area contributed by atoms with Crippen LogP contribution < -0.4 is 20.0 Å². The molecule has 2 aromatic carbocycles. The van der Waals surface area contributed by atoms with Crippen molar-refractivity contribution in [1.29, 1.82) is 0 Å². The average Bonchev–Trinajstić information content (AvgIpc) is 3.44. The molecule has 0 saturated carbocycles. The third kappa shape index (κ3) is 9.15. The van der Waals surface area contributed by atoms with Gasteiger partial charge in [0.05, 0.1) is 16.9 Å². The molecule has 0 unspecified atom stereocenters. The van der Waals surface area contributed by atoms with Crippen molar-refractivity contribution in [2.24, 2.45) is 5.92 Å². The van der Waals surface area contributed by atoms with E-state index >= 15 is 0 Å². The number of benzene rings is 2. The molecule has 12 nitrogen and oxygen atoms in total. The van der Waals surface area contributed by atoms with Crippen molar-refractivity contribution in [3.8, 4) is 0 Å². The first kappa shape index (κ1) is 40.2. The lowest BCUT2D eigenvalue weighted by Crippen LogP contribution is -2.52. The first-order valence-corrected chi connectivity index (χ1v) is 18.6. The summed E-state index contributed by atoms with van der Waals surface area (Å²) in [6.45, 7) is 12.6. The number of amides is 4. The zero-order chi connectivity index (χ0) is 40.5. The molecule has 4 amide bonds. The lowest BCUT2D eigenvalue weighted by Gasteiger charge is -2.39. The number of nitrogens with zero attached hydrogens (tertiary/aromatic N) is 6. The lowest BCUT2D eigenvalue weighted by molar-refractivity contribution is -0.137. The monoisotopic (exact) mass is 775 g/mol. The normalized spacial score (nSPS) is 19.5. The Morgan fingerprint density at radius 3 is 2.34 bits per heavy atom. The number of carbonyl (C=O) groups is 4. The standard InChI is InChI=1S/C41H48F3N7O5/c1-26-9-7-10-32-36(26)50(25-29-22-35(53)51(37(29)38(54)47(32)6)33-23-30(41(42,43)44)21-27(2)45-33)24-28-12-14-31(15-13-28)46-34(52)11-8-16-48-17-19-49(20-18-48)39(55)56-40(3,4)5/h7-15,21,23,29,37H,16-20,22,24-25H2,1-6H3,(H,46,52)/b11-8+/t29-,37+/m1/s1. The van der Waals surface area contributed by atoms with Crippen molar-refractivity contribution in [2.75, 3.05) is 66.3 Å². The van der Waals surface area contributed by atoms with Gasteiger partial charge < -0.3 is 24.8 Å². The van der Waals surface area contributed by atoms with Gasteiger partial charge in [0, 0.05) is 82.7 Å². The minimum absolute atomic E-state index is 0.0420. The van der Waals surface area contributed by atoms with Crippen LogP contribution in [-0.2, 0) is 31.8 Å². The molecule has 1 N–H and O–H groups in total. The number of rotatable bonds is 7. The summed E-state index contributed by atoms with van der Waals surface area (Å²) < 4.78 is 46.8. The number of hydrogen-bond acceptors (Lipinski definition) is 8. The molecular formula is C41H48F3N7O5. The largest absolute Gasteiger partial charge is 0.444 e. The number of halogens is 3. The van der Waals surface area contributed by atoms with Crippen LogP contribution >= 0.6 is 0 Å². The Morgan fingerprint density at radius 1 is 0.982 bits per heavy atom. The third-order valence-corrected chi connectivity index (χ3v) is 10.1. The minimum Gasteiger partial charge on any atom is -0.444 e. The van der Waals surface area contributed by atoms with Gasteiger partial charge in [0.25, 0.3) is 0 Å². The van der Waals surface area contributed by atoms with E-state index in [4.69, 9.17) is 4.74 Å². The van der Waals surface area contributed by atoms with Gasteiger partial charge in [-0.1, -0.05) is 30.3 Å². The second-order valence-electron chi connectivity index (χ2n) is 15.6. The predicted molar refractivity (Wildman–Crippen MR) is 207 cm³/mol. The van der Waals surface area contributed by atoms with E-state index in [2.05, 4.69) is 20.1 Å². The van der Waals surface area contributed by atoms with Gasteiger partial charge in [-0.15, -0.1) is 0 Å². The van der Waals surface area contributed by atoms with Crippen LogP contribution in [0.15, 0.2) is 66.7 Å². The molecule has 0 radical (unpaired) electrons. The van der Waals surface area contributed by atoms with E-state index in [1.807, 2.05) is 58.0 Å². The van der Waals surface area contributed by atoms with E-state index in [0.717, 1.165) is 33.8 Å². The van der Waals surface area contributed by atoms with Crippen molar-refractivity contribution in [3.63, 3.8) is 0 Å². The number of aryl methyl sites for hydroxylation is 2. The molecule has 4 heterocycles. The van der Waals surface area contributed by atoms with Gasteiger partial charge in [-0.2, -0.15) is 13.2 Å². The van der Waals surface area contributed by atoms with E-state index in [1.165, 1.54) is 17.9 Å². The number of carbonyl (C=O) groups excluding carboxylic acids is 4. The number of piperazine rings is 1. The minimum atomic E-state index is -4.65. The number of nitrogens with one attached hydrogen (secondary N) is 1. The molecule has 3 aliphatic rings. The maximum Gasteiger partial charge on any atom is 0.416 e. The zero-order valence-electron chi connectivity index (χ0n) is 32.5. The van der Waals surface area contributed by atoms with Crippen molar-refractivity contribution in [3.05, 3.63) is 89.1 Å². The fourth-order valence-electron chi connectivity index (χ4n) is 7.49. The Kier molecular flexibility index (Phi) is 11.5. The highest BCUT2D eigenvalue weighted by molar-refractivity contribution is 6.10. The fraction of sp³-hybridized carbons (Fsp3) is 0.439. The van der Waals surface area contributed by atoms with Crippen LogP contribution in [0.3, 0.4) is 0 Å². The summed E-state index contributed by atoms with van der Waals surface area (Å²) in [5.41, 5.74) is 2.45. The molecule has 0 aliphatic carbocycles. The maximum absolute atomic E-state index is 14.2. The van der Waals surface area contributed by atoms with Crippen LogP contribution in [0.4, 0.5) is 40.8 Å². The summed E-state index contributed by atoms with van der Waals surface area (Å²) >= 11 is 0. The van der Waals surface area contributed by atoms with Crippen LogP contribution in [0, 0.1) is 19.8 Å². The smallest absolute Gasteiger partial charge is 0.416 e.